The van der Waals surface area contributed by atoms with Crippen molar-refractivity contribution in [2.45, 2.75) is 26.9 Å². The van der Waals surface area contributed by atoms with Gasteiger partial charge in [-0.15, -0.1) is 0 Å². The van der Waals surface area contributed by atoms with Crippen molar-refractivity contribution in [1.82, 2.24) is 0 Å². The number of carbonyl (C=O) groups excluding carboxylic acids is 2. The van der Waals surface area contributed by atoms with Crippen LogP contribution >= 0.6 is 0 Å². The standard InChI is InChI=1S/C30H31NO4/c1-3-31(4-2)26-15-13-25(30(20-26)35-22-24-8-6-5-7-9-24)14-19-29(34)21-28(33)18-12-23-10-16-27(32)17-11-23/h5-20,32H,3-4,21-22H2,1-2H3. The lowest BCUT2D eigenvalue weighted by atomic mass is 10.1. The summed E-state index contributed by atoms with van der Waals surface area (Å²) in [6.07, 6.45) is 5.91. The number of allylic oxidation sites excluding steroid dienone is 2. The maximum atomic E-state index is 12.4. The van der Waals surface area contributed by atoms with Crippen molar-refractivity contribution in [3.63, 3.8) is 0 Å². The molecule has 3 aromatic rings. The number of ketones is 2. The number of rotatable bonds is 12. The van der Waals surface area contributed by atoms with E-state index in [0.717, 1.165) is 35.5 Å². The van der Waals surface area contributed by atoms with Crippen LogP contribution in [0.2, 0.25) is 0 Å². The largest absolute Gasteiger partial charge is 0.508 e. The molecule has 0 aromatic heterocycles. The summed E-state index contributed by atoms with van der Waals surface area (Å²) in [7, 11) is 0. The summed E-state index contributed by atoms with van der Waals surface area (Å²) >= 11 is 0. The van der Waals surface area contributed by atoms with E-state index < -0.39 is 0 Å². The van der Waals surface area contributed by atoms with Gasteiger partial charge in [0.15, 0.2) is 11.6 Å². The summed E-state index contributed by atoms with van der Waals surface area (Å²) in [4.78, 5) is 26.8. The van der Waals surface area contributed by atoms with Crippen molar-refractivity contribution in [2.24, 2.45) is 0 Å². The maximum absolute atomic E-state index is 12.4. The second kappa shape index (κ2) is 12.9. The number of hydrogen-bond donors (Lipinski definition) is 1. The fourth-order valence-corrected chi connectivity index (χ4v) is 3.55. The number of phenolic OH excluding ortho intramolecular Hbond substituents is 1. The SMILES string of the molecule is CCN(CC)c1ccc(C=CC(=O)CC(=O)C=Cc2ccc(O)cc2)c(OCc2ccccc2)c1. The highest BCUT2D eigenvalue weighted by atomic mass is 16.5. The molecule has 0 radical (unpaired) electrons. The minimum Gasteiger partial charge on any atom is -0.508 e. The molecule has 180 valence electrons. The van der Waals surface area contributed by atoms with Crippen LogP contribution in [0.5, 0.6) is 11.5 Å². The number of ether oxygens (including phenoxy) is 1. The Labute approximate surface area is 207 Å². The van der Waals surface area contributed by atoms with E-state index in [1.807, 2.05) is 48.5 Å². The summed E-state index contributed by atoms with van der Waals surface area (Å²) in [6.45, 7) is 6.38. The van der Waals surface area contributed by atoms with Gasteiger partial charge in [0.25, 0.3) is 0 Å². The molecule has 35 heavy (non-hydrogen) atoms. The van der Waals surface area contributed by atoms with E-state index in [1.54, 1.807) is 36.4 Å². The Balaban J connectivity index is 1.70. The third-order valence-corrected chi connectivity index (χ3v) is 5.51. The molecule has 0 bridgehead atoms. The fraction of sp³-hybridized carbons (Fsp3) is 0.200. The topological polar surface area (TPSA) is 66.8 Å². The summed E-state index contributed by atoms with van der Waals surface area (Å²) in [5, 5.41) is 9.33. The Morgan fingerprint density at radius 2 is 1.51 bits per heavy atom. The number of nitrogens with zero attached hydrogens (tertiary/aromatic N) is 1. The molecule has 0 heterocycles. The summed E-state index contributed by atoms with van der Waals surface area (Å²) < 4.78 is 6.13. The van der Waals surface area contributed by atoms with Gasteiger partial charge in [-0.3, -0.25) is 9.59 Å². The molecule has 5 nitrogen and oxygen atoms in total. The van der Waals surface area contributed by atoms with Crippen molar-refractivity contribution < 1.29 is 19.4 Å². The number of hydrogen-bond acceptors (Lipinski definition) is 5. The van der Waals surface area contributed by atoms with Crippen molar-refractivity contribution in [2.75, 3.05) is 18.0 Å². The molecular formula is C30H31NO4. The highest BCUT2D eigenvalue weighted by Gasteiger charge is 2.09. The molecule has 0 amide bonds. The fourth-order valence-electron chi connectivity index (χ4n) is 3.55. The Morgan fingerprint density at radius 1 is 0.857 bits per heavy atom. The zero-order valence-corrected chi connectivity index (χ0v) is 20.2. The van der Waals surface area contributed by atoms with Crippen molar-refractivity contribution in [3.8, 4) is 11.5 Å². The number of carbonyl (C=O) groups is 2. The zero-order valence-electron chi connectivity index (χ0n) is 20.2. The molecule has 0 fully saturated rings. The molecule has 5 heteroatoms. The molecule has 0 saturated heterocycles. The average Bonchev–Trinajstić information content (AvgIpc) is 2.88. The van der Waals surface area contributed by atoms with E-state index in [9.17, 15) is 14.7 Å². The first-order valence-electron chi connectivity index (χ1n) is 11.7. The first-order chi connectivity index (χ1) is 17.0. The number of anilines is 1. The third-order valence-electron chi connectivity index (χ3n) is 5.51. The van der Waals surface area contributed by atoms with Gasteiger partial charge >= 0.3 is 0 Å². The molecule has 0 aliphatic heterocycles. The predicted octanol–water partition coefficient (Wildman–Crippen LogP) is 6.07. The monoisotopic (exact) mass is 469 g/mol. The number of benzene rings is 3. The lowest BCUT2D eigenvalue weighted by Gasteiger charge is -2.22. The Kier molecular flexibility index (Phi) is 9.43. The molecule has 0 atom stereocenters. The molecular weight excluding hydrogens is 438 g/mol. The van der Waals surface area contributed by atoms with Crippen LogP contribution in [0.4, 0.5) is 5.69 Å². The normalized spacial score (nSPS) is 11.1. The van der Waals surface area contributed by atoms with Gasteiger partial charge in [-0.25, -0.2) is 0 Å². The van der Waals surface area contributed by atoms with Crippen LogP contribution in [0, 0.1) is 0 Å². The Hall–Kier alpha value is -4.12. The number of aromatic hydroxyl groups is 1. The zero-order chi connectivity index (χ0) is 25.0. The molecule has 0 unspecified atom stereocenters. The van der Waals surface area contributed by atoms with Crippen LogP contribution in [0.1, 0.15) is 37.0 Å². The van der Waals surface area contributed by atoms with E-state index in [0.29, 0.717) is 12.4 Å². The van der Waals surface area contributed by atoms with Gasteiger partial charge in [-0.05, 0) is 67.5 Å². The van der Waals surface area contributed by atoms with Gasteiger partial charge in [0.05, 0.1) is 6.42 Å². The number of phenols is 1. The lowest BCUT2D eigenvalue weighted by Crippen LogP contribution is -2.21. The van der Waals surface area contributed by atoms with Gasteiger partial charge in [-0.2, -0.15) is 0 Å². The highest BCUT2D eigenvalue weighted by molar-refractivity contribution is 6.11. The highest BCUT2D eigenvalue weighted by Crippen LogP contribution is 2.28. The second-order valence-corrected chi connectivity index (χ2v) is 8.04. The molecule has 0 spiro atoms. The van der Waals surface area contributed by atoms with Crippen LogP contribution < -0.4 is 9.64 Å². The summed E-state index contributed by atoms with van der Waals surface area (Å²) in [5.74, 6) is 0.268. The van der Waals surface area contributed by atoms with Gasteiger partial charge < -0.3 is 14.7 Å². The van der Waals surface area contributed by atoms with Crippen LogP contribution in [0.25, 0.3) is 12.2 Å². The molecule has 3 aromatic carbocycles. The van der Waals surface area contributed by atoms with Crippen LogP contribution in [-0.4, -0.2) is 29.8 Å². The van der Waals surface area contributed by atoms with Crippen molar-refractivity contribution >= 4 is 29.4 Å². The molecule has 3 rings (SSSR count). The molecule has 0 aliphatic rings. The van der Waals surface area contributed by atoms with Crippen LogP contribution in [0.3, 0.4) is 0 Å². The Morgan fingerprint density at radius 3 is 2.17 bits per heavy atom. The van der Waals surface area contributed by atoms with Gasteiger partial charge in [-0.1, -0.05) is 48.5 Å². The van der Waals surface area contributed by atoms with E-state index >= 15 is 0 Å². The van der Waals surface area contributed by atoms with Crippen LogP contribution in [0.15, 0.2) is 84.9 Å². The van der Waals surface area contributed by atoms with Gasteiger partial charge in [0.2, 0.25) is 0 Å². The lowest BCUT2D eigenvalue weighted by molar-refractivity contribution is -0.121. The first-order valence-corrected chi connectivity index (χ1v) is 11.7. The van der Waals surface area contributed by atoms with Gasteiger partial charge in [0, 0.05) is 30.4 Å². The minimum atomic E-state index is -0.287. The second-order valence-electron chi connectivity index (χ2n) is 8.04. The average molecular weight is 470 g/mol. The predicted molar refractivity (Wildman–Crippen MR) is 142 cm³/mol. The van der Waals surface area contributed by atoms with Crippen molar-refractivity contribution in [1.29, 1.82) is 0 Å². The maximum Gasteiger partial charge on any atom is 0.163 e. The molecule has 1 N–H and O–H groups in total. The van der Waals surface area contributed by atoms with Gasteiger partial charge in [0.1, 0.15) is 18.1 Å². The minimum absolute atomic E-state index is 0.158. The smallest absolute Gasteiger partial charge is 0.163 e. The summed E-state index contributed by atoms with van der Waals surface area (Å²) in [5.41, 5.74) is 3.65. The summed E-state index contributed by atoms with van der Waals surface area (Å²) in [6, 6.07) is 22.3. The van der Waals surface area contributed by atoms with E-state index in [-0.39, 0.29) is 23.7 Å². The van der Waals surface area contributed by atoms with E-state index in [2.05, 4.69) is 18.7 Å². The third kappa shape index (κ3) is 8.00. The quantitative estimate of drug-likeness (QED) is 0.257. The van der Waals surface area contributed by atoms with E-state index in [1.165, 1.54) is 12.2 Å². The molecule has 0 saturated carbocycles. The molecule has 0 aliphatic carbocycles. The van der Waals surface area contributed by atoms with E-state index in [4.69, 9.17) is 4.74 Å². The Bertz CT molecular complexity index is 1180. The van der Waals surface area contributed by atoms with Crippen molar-refractivity contribution in [3.05, 3.63) is 102 Å². The van der Waals surface area contributed by atoms with Crippen LogP contribution in [-0.2, 0) is 16.2 Å². The first kappa shape index (κ1) is 25.5.